The van der Waals surface area contributed by atoms with Crippen LogP contribution >= 0.6 is 0 Å². The largest absolute Gasteiger partial charge is 0.460 e. The Balaban J connectivity index is 2.78. The summed E-state index contributed by atoms with van der Waals surface area (Å²) in [6, 6.07) is 0. The molecule has 10 heteroatoms. The molecule has 1 aliphatic heterocycles. The molecule has 1 rings (SSSR count). The van der Waals surface area contributed by atoms with E-state index in [1.165, 1.54) is 0 Å². The van der Waals surface area contributed by atoms with E-state index >= 15 is 0 Å². The summed E-state index contributed by atoms with van der Waals surface area (Å²) in [7, 11) is 0. The monoisotopic (exact) mass is 331 g/mol. The molecule has 1 saturated heterocycles. The van der Waals surface area contributed by atoms with Gasteiger partial charge in [0.25, 0.3) is 0 Å². The van der Waals surface area contributed by atoms with Crippen molar-refractivity contribution in [3.8, 4) is 0 Å². The van der Waals surface area contributed by atoms with E-state index in [1.807, 2.05) is 0 Å². The van der Waals surface area contributed by atoms with Crippen LogP contribution in [-0.2, 0) is 23.8 Å². The zero-order valence-corrected chi connectivity index (χ0v) is 13.2. The van der Waals surface area contributed by atoms with Gasteiger partial charge < -0.3 is 24.4 Å². The summed E-state index contributed by atoms with van der Waals surface area (Å²) in [5, 5.41) is 23.4. The van der Waals surface area contributed by atoms with Gasteiger partial charge in [-0.25, -0.2) is 4.79 Å². The fourth-order valence-corrected chi connectivity index (χ4v) is 2.24. The molecule has 0 aromatic carbocycles. The number of carbonyl (C=O) groups excluding carboxylic acids is 2. The average Bonchev–Trinajstić information content (AvgIpc) is 2.81. The molecule has 4 atom stereocenters. The average molecular weight is 331 g/mol. The molecule has 0 bridgehead atoms. The van der Waals surface area contributed by atoms with Gasteiger partial charge in [-0.05, 0) is 26.3 Å². The van der Waals surface area contributed by atoms with Gasteiger partial charge >= 0.3 is 5.97 Å². The lowest BCUT2D eigenvalue weighted by molar-refractivity contribution is -0.163. The van der Waals surface area contributed by atoms with E-state index in [0.29, 0.717) is 0 Å². The van der Waals surface area contributed by atoms with Crippen LogP contribution in [0.2, 0.25) is 0 Å². The predicted molar refractivity (Wildman–Crippen MR) is 76.1 cm³/mol. The fourth-order valence-electron chi connectivity index (χ4n) is 2.24. The number of azide groups is 1. The van der Waals surface area contributed by atoms with Crippen molar-refractivity contribution in [3.05, 3.63) is 10.4 Å². The van der Waals surface area contributed by atoms with Gasteiger partial charge in [-0.3, -0.25) is 4.79 Å². The number of rotatable bonds is 8. The summed E-state index contributed by atoms with van der Waals surface area (Å²) in [6.07, 6.45) is -5.23. The summed E-state index contributed by atoms with van der Waals surface area (Å²) < 4.78 is 15.5. The van der Waals surface area contributed by atoms with Crippen molar-refractivity contribution in [1.29, 1.82) is 0 Å². The molecule has 0 unspecified atom stereocenters. The highest BCUT2D eigenvalue weighted by Crippen LogP contribution is 2.32. The van der Waals surface area contributed by atoms with Crippen LogP contribution in [0.25, 0.3) is 10.4 Å². The third-order valence-corrected chi connectivity index (χ3v) is 3.15. The first kappa shape index (κ1) is 19.3. The quantitative estimate of drug-likeness (QED) is 0.210. The van der Waals surface area contributed by atoms with Crippen molar-refractivity contribution in [2.24, 2.45) is 5.11 Å². The summed E-state index contributed by atoms with van der Waals surface area (Å²) in [6.45, 7) is 4.46. The van der Waals surface area contributed by atoms with E-state index in [0.717, 1.165) is 0 Å². The Morgan fingerprint density at radius 3 is 2.39 bits per heavy atom. The topological polar surface area (TPSA) is 151 Å². The van der Waals surface area contributed by atoms with Crippen molar-refractivity contribution >= 4 is 11.8 Å². The molecule has 0 aliphatic carbocycles. The molecular weight excluding hydrogens is 310 g/mol. The van der Waals surface area contributed by atoms with E-state index < -0.39 is 48.4 Å². The number of ketones is 1. The minimum absolute atomic E-state index is 0.0459. The molecule has 0 aromatic heterocycles. The van der Waals surface area contributed by atoms with Gasteiger partial charge in [0.1, 0.15) is 12.2 Å². The Morgan fingerprint density at radius 1 is 1.30 bits per heavy atom. The molecule has 1 fully saturated rings. The molecule has 0 amide bonds. The molecule has 0 aromatic rings. The number of ether oxygens (including phenoxy) is 3. The maximum atomic E-state index is 11.7. The Hall–Kier alpha value is -1.71. The van der Waals surface area contributed by atoms with Crippen LogP contribution in [0.3, 0.4) is 0 Å². The number of Topliss-reactive ketones (excluding diaryl/α,β-unsaturated/α-hetero) is 1. The molecule has 1 heterocycles. The van der Waals surface area contributed by atoms with Crippen molar-refractivity contribution in [3.63, 3.8) is 0 Å². The number of esters is 1. The SMILES string of the molecule is CCOC(=O)C(=O)C[C@@H](O)[C@H]1OC(C)(C)O[C@@H]1[C@H](O)CN=[N+]=[N-]. The van der Waals surface area contributed by atoms with Gasteiger partial charge in [0.15, 0.2) is 5.79 Å². The van der Waals surface area contributed by atoms with E-state index in [2.05, 4.69) is 14.8 Å². The first-order valence-electron chi connectivity index (χ1n) is 7.14. The highest BCUT2D eigenvalue weighted by molar-refractivity contribution is 6.33. The lowest BCUT2D eigenvalue weighted by atomic mass is 9.99. The van der Waals surface area contributed by atoms with Gasteiger partial charge in [-0.15, -0.1) is 0 Å². The molecule has 23 heavy (non-hydrogen) atoms. The van der Waals surface area contributed by atoms with Crippen molar-refractivity contribution < 1.29 is 34.0 Å². The van der Waals surface area contributed by atoms with Gasteiger partial charge in [-0.2, -0.15) is 0 Å². The minimum atomic E-state index is -1.39. The Kier molecular flexibility index (Phi) is 6.92. The maximum Gasteiger partial charge on any atom is 0.374 e. The molecule has 10 nitrogen and oxygen atoms in total. The summed E-state index contributed by atoms with van der Waals surface area (Å²) in [5.74, 6) is -3.06. The molecule has 0 saturated carbocycles. The predicted octanol–water partition coefficient (Wildman–Crippen LogP) is 0.0609. The number of carbonyl (C=O) groups is 2. The van der Waals surface area contributed by atoms with E-state index in [1.54, 1.807) is 20.8 Å². The first-order chi connectivity index (χ1) is 10.7. The van der Waals surface area contributed by atoms with Gasteiger partial charge in [0.05, 0.1) is 25.4 Å². The highest BCUT2D eigenvalue weighted by atomic mass is 16.8. The third kappa shape index (κ3) is 5.45. The van der Waals surface area contributed by atoms with Crippen LogP contribution in [0.4, 0.5) is 0 Å². The minimum Gasteiger partial charge on any atom is -0.460 e. The third-order valence-electron chi connectivity index (χ3n) is 3.15. The molecule has 1 aliphatic rings. The van der Waals surface area contributed by atoms with E-state index in [9.17, 15) is 19.8 Å². The van der Waals surface area contributed by atoms with Crippen LogP contribution < -0.4 is 0 Å². The second-order valence-electron chi connectivity index (χ2n) is 5.46. The zero-order chi connectivity index (χ0) is 17.6. The lowest BCUT2D eigenvalue weighted by Crippen LogP contribution is -2.44. The van der Waals surface area contributed by atoms with Crippen LogP contribution in [0, 0.1) is 0 Å². The standard InChI is InChI=1S/C13H21N3O7/c1-4-21-12(20)8(18)5-7(17)10-11(9(19)6-15-16-14)23-13(2,3)22-10/h7,9-11,17,19H,4-6H2,1-3H3/t7-,9-,10-,11-/m1/s1. The number of aliphatic hydroxyl groups is 2. The Bertz CT molecular complexity index is 490. The normalized spacial score (nSPS) is 25.3. The first-order valence-corrected chi connectivity index (χ1v) is 7.14. The summed E-state index contributed by atoms with van der Waals surface area (Å²) in [5.41, 5.74) is 8.30. The fraction of sp³-hybridized carbons (Fsp3) is 0.846. The summed E-state index contributed by atoms with van der Waals surface area (Å²) in [4.78, 5) is 25.5. The van der Waals surface area contributed by atoms with E-state index in [4.69, 9.17) is 15.0 Å². The zero-order valence-electron chi connectivity index (χ0n) is 13.2. The van der Waals surface area contributed by atoms with Crippen LogP contribution in [0.5, 0.6) is 0 Å². The molecule has 0 spiro atoms. The molecule has 2 N–H and O–H groups in total. The Morgan fingerprint density at radius 2 is 1.87 bits per heavy atom. The second-order valence-corrected chi connectivity index (χ2v) is 5.46. The number of hydrogen-bond donors (Lipinski definition) is 2. The van der Waals surface area contributed by atoms with Crippen LogP contribution in [0.1, 0.15) is 27.2 Å². The number of hydrogen-bond acceptors (Lipinski definition) is 8. The van der Waals surface area contributed by atoms with Crippen molar-refractivity contribution in [1.82, 2.24) is 0 Å². The number of nitrogens with zero attached hydrogens (tertiary/aromatic N) is 3. The number of aliphatic hydroxyl groups excluding tert-OH is 2. The van der Waals surface area contributed by atoms with Gasteiger partial charge in [-0.1, -0.05) is 5.11 Å². The molecular formula is C13H21N3O7. The smallest absolute Gasteiger partial charge is 0.374 e. The van der Waals surface area contributed by atoms with Crippen molar-refractivity contribution in [2.75, 3.05) is 13.2 Å². The summed E-state index contributed by atoms with van der Waals surface area (Å²) >= 11 is 0. The molecule has 130 valence electrons. The molecule has 0 radical (unpaired) electrons. The Labute approximate surface area is 132 Å². The highest BCUT2D eigenvalue weighted by Gasteiger charge is 2.48. The van der Waals surface area contributed by atoms with E-state index in [-0.39, 0.29) is 13.2 Å². The second kappa shape index (κ2) is 8.23. The lowest BCUT2D eigenvalue weighted by Gasteiger charge is -2.24. The van der Waals surface area contributed by atoms with Gasteiger partial charge in [0, 0.05) is 11.3 Å². The van der Waals surface area contributed by atoms with Gasteiger partial charge in [0.2, 0.25) is 5.78 Å². The van der Waals surface area contributed by atoms with Crippen LogP contribution in [-0.4, -0.2) is 65.3 Å². The maximum absolute atomic E-state index is 11.7. The van der Waals surface area contributed by atoms with Crippen molar-refractivity contribution in [2.45, 2.75) is 57.4 Å². The van der Waals surface area contributed by atoms with Crippen LogP contribution in [0.15, 0.2) is 5.11 Å².